The summed E-state index contributed by atoms with van der Waals surface area (Å²) in [6.07, 6.45) is 6.90. The maximum atomic E-state index is 12.6. The first kappa shape index (κ1) is 14.9. The van der Waals surface area contributed by atoms with E-state index < -0.39 is 0 Å². The monoisotopic (exact) mass is 274 g/mol. The largest absolute Gasteiger partial charge is 0.329 e. The summed E-state index contributed by atoms with van der Waals surface area (Å²) in [5.74, 6) is 0. The predicted octanol–water partition coefficient (Wildman–Crippen LogP) is 4.18. The van der Waals surface area contributed by atoms with Crippen LogP contribution in [0.4, 0.5) is 0 Å². The fraction of sp³-hybridized carbons (Fsp3) is 0.588. The highest BCUT2D eigenvalue weighted by atomic mass is 16.1. The fourth-order valence-corrected chi connectivity index (χ4v) is 2.74. The van der Waals surface area contributed by atoms with Crippen molar-refractivity contribution in [2.45, 2.75) is 65.5 Å². The number of para-hydroxylation sites is 2. The summed E-state index contributed by atoms with van der Waals surface area (Å²) in [6, 6.07) is 8.18. The number of rotatable bonds is 8. The number of aryl methyl sites for hydroxylation is 2. The van der Waals surface area contributed by atoms with E-state index in [-0.39, 0.29) is 5.69 Å². The van der Waals surface area contributed by atoms with Crippen molar-refractivity contribution in [1.82, 2.24) is 9.13 Å². The van der Waals surface area contributed by atoms with Crippen LogP contribution >= 0.6 is 0 Å². The van der Waals surface area contributed by atoms with Gasteiger partial charge in [0.1, 0.15) is 0 Å². The molecule has 20 heavy (non-hydrogen) atoms. The fourth-order valence-electron chi connectivity index (χ4n) is 2.74. The SMILES string of the molecule is CCCCCn1c(=O)n(CCCCC)c2ccccc21. The third-order valence-corrected chi connectivity index (χ3v) is 3.90. The zero-order chi connectivity index (χ0) is 14.4. The maximum absolute atomic E-state index is 12.6. The van der Waals surface area contributed by atoms with E-state index in [0.29, 0.717) is 0 Å². The molecular formula is C17H26N2O. The van der Waals surface area contributed by atoms with E-state index in [0.717, 1.165) is 37.0 Å². The summed E-state index contributed by atoms with van der Waals surface area (Å²) in [6.45, 7) is 6.07. The van der Waals surface area contributed by atoms with Crippen molar-refractivity contribution < 1.29 is 0 Å². The zero-order valence-corrected chi connectivity index (χ0v) is 12.8. The molecule has 0 atom stereocenters. The van der Waals surface area contributed by atoms with Crippen LogP contribution in [0.5, 0.6) is 0 Å². The Labute approximate surface area is 121 Å². The number of fused-ring (bicyclic) bond motifs is 1. The van der Waals surface area contributed by atoms with Crippen LogP contribution in [0.3, 0.4) is 0 Å². The van der Waals surface area contributed by atoms with E-state index in [1.165, 1.54) is 25.7 Å². The van der Waals surface area contributed by atoms with Gasteiger partial charge in [0.2, 0.25) is 0 Å². The van der Waals surface area contributed by atoms with Gasteiger partial charge in [-0.3, -0.25) is 9.13 Å². The molecule has 0 aliphatic carbocycles. The number of nitrogens with zero attached hydrogens (tertiary/aromatic N) is 2. The van der Waals surface area contributed by atoms with Gasteiger partial charge in [-0.2, -0.15) is 0 Å². The van der Waals surface area contributed by atoms with E-state index in [9.17, 15) is 4.79 Å². The van der Waals surface area contributed by atoms with Crippen molar-refractivity contribution in [3.05, 3.63) is 34.7 Å². The lowest BCUT2D eigenvalue weighted by atomic mass is 10.2. The maximum Gasteiger partial charge on any atom is 0.329 e. The molecule has 0 aliphatic rings. The van der Waals surface area contributed by atoms with Crippen molar-refractivity contribution >= 4 is 11.0 Å². The molecule has 3 heteroatoms. The number of imidazole rings is 1. The Morgan fingerprint density at radius 3 is 1.65 bits per heavy atom. The van der Waals surface area contributed by atoms with E-state index in [1.54, 1.807) is 0 Å². The summed E-state index contributed by atoms with van der Waals surface area (Å²) in [7, 11) is 0. The van der Waals surface area contributed by atoms with Crippen LogP contribution in [0.25, 0.3) is 11.0 Å². The van der Waals surface area contributed by atoms with Crippen LogP contribution in [-0.4, -0.2) is 9.13 Å². The van der Waals surface area contributed by atoms with Crippen molar-refractivity contribution in [3.63, 3.8) is 0 Å². The Bertz CT molecular complexity index is 545. The molecular weight excluding hydrogens is 248 g/mol. The lowest BCUT2D eigenvalue weighted by molar-refractivity contribution is 0.554. The van der Waals surface area contributed by atoms with Crippen LogP contribution in [0.15, 0.2) is 29.1 Å². The molecule has 1 heterocycles. The summed E-state index contributed by atoms with van der Waals surface area (Å²) in [5.41, 5.74) is 2.34. The highest BCUT2D eigenvalue weighted by Gasteiger charge is 2.11. The van der Waals surface area contributed by atoms with Crippen molar-refractivity contribution in [1.29, 1.82) is 0 Å². The van der Waals surface area contributed by atoms with Gasteiger partial charge in [-0.25, -0.2) is 4.79 Å². The van der Waals surface area contributed by atoms with E-state index in [2.05, 4.69) is 26.0 Å². The Balaban J connectivity index is 2.31. The minimum Gasteiger partial charge on any atom is -0.292 e. The van der Waals surface area contributed by atoms with Gasteiger partial charge >= 0.3 is 5.69 Å². The Kier molecular flexibility index (Phi) is 5.45. The molecule has 0 N–H and O–H groups in total. The quantitative estimate of drug-likeness (QED) is 0.663. The minimum atomic E-state index is 0.165. The highest BCUT2D eigenvalue weighted by molar-refractivity contribution is 5.75. The number of unbranched alkanes of at least 4 members (excludes halogenated alkanes) is 4. The Morgan fingerprint density at radius 2 is 1.25 bits per heavy atom. The molecule has 0 saturated carbocycles. The van der Waals surface area contributed by atoms with Crippen molar-refractivity contribution in [2.75, 3.05) is 0 Å². The first-order valence-electron chi connectivity index (χ1n) is 7.97. The standard InChI is InChI=1S/C17H26N2O/c1-3-5-9-13-18-15-11-7-8-12-16(15)19(17(18)20)14-10-6-4-2/h7-8,11-12H,3-6,9-10,13-14H2,1-2H3. The van der Waals surface area contributed by atoms with Crippen LogP contribution in [-0.2, 0) is 13.1 Å². The van der Waals surface area contributed by atoms with Gasteiger partial charge in [0.05, 0.1) is 11.0 Å². The average molecular weight is 274 g/mol. The molecule has 1 aromatic carbocycles. The highest BCUT2D eigenvalue weighted by Crippen LogP contribution is 2.14. The van der Waals surface area contributed by atoms with Gasteiger partial charge in [-0.05, 0) is 25.0 Å². The summed E-state index contributed by atoms with van der Waals surface area (Å²) < 4.78 is 3.91. The molecule has 0 spiro atoms. The van der Waals surface area contributed by atoms with Gasteiger partial charge in [-0.1, -0.05) is 51.7 Å². The molecule has 1 aromatic heterocycles. The third-order valence-electron chi connectivity index (χ3n) is 3.90. The van der Waals surface area contributed by atoms with Crippen molar-refractivity contribution in [2.24, 2.45) is 0 Å². The van der Waals surface area contributed by atoms with E-state index in [4.69, 9.17) is 0 Å². The predicted molar refractivity (Wildman–Crippen MR) is 85.2 cm³/mol. The summed E-state index contributed by atoms with van der Waals surface area (Å²) in [4.78, 5) is 12.6. The van der Waals surface area contributed by atoms with Gasteiger partial charge in [0.25, 0.3) is 0 Å². The molecule has 0 saturated heterocycles. The lowest BCUT2D eigenvalue weighted by Crippen LogP contribution is -2.24. The van der Waals surface area contributed by atoms with Gasteiger partial charge in [0.15, 0.2) is 0 Å². The van der Waals surface area contributed by atoms with Crippen molar-refractivity contribution in [3.8, 4) is 0 Å². The smallest absolute Gasteiger partial charge is 0.292 e. The Morgan fingerprint density at radius 1 is 0.800 bits per heavy atom. The first-order valence-corrected chi connectivity index (χ1v) is 7.97. The third kappa shape index (κ3) is 3.14. The van der Waals surface area contributed by atoms with Gasteiger partial charge in [-0.15, -0.1) is 0 Å². The zero-order valence-electron chi connectivity index (χ0n) is 12.8. The van der Waals surface area contributed by atoms with E-state index in [1.807, 2.05) is 21.3 Å². The molecule has 0 radical (unpaired) electrons. The van der Waals surface area contributed by atoms with Crippen LogP contribution < -0.4 is 5.69 Å². The summed E-state index contributed by atoms with van der Waals surface area (Å²) >= 11 is 0. The molecule has 0 fully saturated rings. The van der Waals surface area contributed by atoms with Crippen LogP contribution in [0, 0.1) is 0 Å². The van der Waals surface area contributed by atoms with Gasteiger partial charge in [0, 0.05) is 13.1 Å². The summed E-state index contributed by atoms with van der Waals surface area (Å²) in [5, 5.41) is 0. The first-order chi connectivity index (χ1) is 9.79. The minimum absolute atomic E-state index is 0.165. The number of benzene rings is 1. The number of hydrogen-bond acceptors (Lipinski definition) is 1. The normalized spacial score (nSPS) is 11.3. The van der Waals surface area contributed by atoms with Crippen LogP contribution in [0.1, 0.15) is 52.4 Å². The molecule has 0 amide bonds. The molecule has 0 bridgehead atoms. The Hall–Kier alpha value is -1.51. The number of aromatic nitrogens is 2. The second kappa shape index (κ2) is 7.32. The molecule has 0 unspecified atom stereocenters. The van der Waals surface area contributed by atoms with Crippen LogP contribution in [0.2, 0.25) is 0 Å². The molecule has 2 aromatic rings. The second-order valence-corrected chi connectivity index (χ2v) is 5.49. The molecule has 110 valence electrons. The topological polar surface area (TPSA) is 26.9 Å². The molecule has 2 rings (SSSR count). The van der Waals surface area contributed by atoms with Gasteiger partial charge < -0.3 is 0 Å². The van der Waals surface area contributed by atoms with E-state index >= 15 is 0 Å². The lowest BCUT2D eigenvalue weighted by Gasteiger charge is -2.02. The molecule has 0 aliphatic heterocycles. The molecule has 3 nitrogen and oxygen atoms in total. The second-order valence-electron chi connectivity index (χ2n) is 5.49. The number of hydrogen-bond donors (Lipinski definition) is 0. The average Bonchev–Trinajstić information content (AvgIpc) is 2.73.